The van der Waals surface area contributed by atoms with E-state index in [1.165, 1.54) is 10.5 Å². The van der Waals surface area contributed by atoms with Crippen LogP contribution in [0.3, 0.4) is 0 Å². The van der Waals surface area contributed by atoms with E-state index in [4.69, 9.17) is 27.9 Å². The number of ether oxygens (including phenoxy) is 1. The van der Waals surface area contributed by atoms with Gasteiger partial charge in [-0.25, -0.2) is 4.79 Å². The first-order valence-corrected chi connectivity index (χ1v) is 10.4. The molecule has 0 aromatic heterocycles. The van der Waals surface area contributed by atoms with Gasteiger partial charge in [0.25, 0.3) is 0 Å². The molecule has 6 heteroatoms. The molecule has 0 aliphatic heterocycles. The van der Waals surface area contributed by atoms with Gasteiger partial charge in [-0.3, -0.25) is 4.90 Å². The summed E-state index contributed by atoms with van der Waals surface area (Å²) in [4.78, 5) is 16.2. The van der Waals surface area contributed by atoms with Crippen molar-refractivity contribution in [1.29, 1.82) is 0 Å². The van der Waals surface area contributed by atoms with E-state index in [0.717, 1.165) is 18.7 Å². The molecule has 0 saturated heterocycles. The van der Waals surface area contributed by atoms with Crippen molar-refractivity contribution < 1.29 is 9.53 Å². The molecule has 2 atom stereocenters. The predicted octanol–water partition coefficient (Wildman–Crippen LogP) is 4.99. The van der Waals surface area contributed by atoms with Crippen molar-refractivity contribution in [3.05, 3.63) is 71.8 Å². The molecule has 2 aromatic rings. The number of nitrogens with zero attached hydrogens (tertiary/aromatic N) is 2. The molecule has 0 aliphatic rings. The Morgan fingerprint density at radius 2 is 1.61 bits per heavy atom. The van der Waals surface area contributed by atoms with Gasteiger partial charge in [-0.1, -0.05) is 67.6 Å². The van der Waals surface area contributed by atoms with Crippen molar-refractivity contribution in [1.82, 2.24) is 9.80 Å². The molecule has 2 rings (SSSR count). The standard InChI is InChI=1S/C22H28Cl2N2O2/c1-3-26(15-18-10-6-4-7-11-18)16-20(24)21(14-23)25(2)22(27)28-17-19-12-8-5-9-13-19/h4-13,20-21H,3,14-17H2,1-2H3. The minimum Gasteiger partial charge on any atom is -0.445 e. The van der Waals surface area contributed by atoms with Gasteiger partial charge in [-0.15, -0.1) is 23.2 Å². The SMILES string of the molecule is CCN(Cc1ccccc1)CC(Cl)C(CCl)N(C)C(=O)OCc1ccccc1. The summed E-state index contributed by atoms with van der Waals surface area (Å²) in [6.07, 6.45) is -0.425. The number of carbonyl (C=O) groups excluding carboxylic acids is 1. The van der Waals surface area contributed by atoms with E-state index in [1.807, 2.05) is 48.5 Å². The second kappa shape index (κ2) is 11.9. The molecule has 1 amide bonds. The molecular formula is C22H28Cl2N2O2. The fourth-order valence-corrected chi connectivity index (χ4v) is 3.88. The van der Waals surface area contributed by atoms with Gasteiger partial charge in [0.05, 0.1) is 11.4 Å². The lowest BCUT2D eigenvalue weighted by atomic mass is 10.1. The number of carbonyl (C=O) groups is 1. The Morgan fingerprint density at radius 1 is 1.04 bits per heavy atom. The van der Waals surface area contributed by atoms with Crippen LogP contribution in [0.15, 0.2) is 60.7 Å². The Kier molecular flexibility index (Phi) is 9.62. The zero-order valence-corrected chi connectivity index (χ0v) is 17.9. The largest absolute Gasteiger partial charge is 0.445 e. The average molecular weight is 423 g/mol. The van der Waals surface area contributed by atoms with Crippen LogP contribution in [0.4, 0.5) is 4.79 Å². The van der Waals surface area contributed by atoms with Gasteiger partial charge in [0.1, 0.15) is 6.61 Å². The van der Waals surface area contributed by atoms with Crippen molar-refractivity contribution >= 4 is 29.3 Å². The monoisotopic (exact) mass is 422 g/mol. The molecule has 0 aliphatic carbocycles. The fourth-order valence-electron chi connectivity index (χ4n) is 2.91. The topological polar surface area (TPSA) is 32.8 Å². The van der Waals surface area contributed by atoms with Crippen LogP contribution in [0.5, 0.6) is 0 Å². The predicted molar refractivity (Wildman–Crippen MR) is 116 cm³/mol. The highest BCUT2D eigenvalue weighted by Crippen LogP contribution is 2.16. The smallest absolute Gasteiger partial charge is 0.410 e. The molecule has 2 aromatic carbocycles. The maximum atomic E-state index is 12.4. The van der Waals surface area contributed by atoms with Crippen LogP contribution in [0, 0.1) is 0 Å². The molecule has 0 N–H and O–H groups in total. The van der Waals surface area contributed by atoms with Crippen molar-refractivity contribution in [3.8, 4) is 0 Å². The third kappa shape index (κ3) is 7.01. The summed E-state index contributed by atoms with van der Waals surface area (Å²) in [5.74, 6) is 0.244. The molecule has 0 heterocycles. The lowest BCUT2D eigenvalue weighted by Gasteiger charge is -2.32. The number of hydrogen-bond acceptors (Lipinski definition) is 3. The van der Waals surface area contributed by atoms with Crippen LogP contribution in [0.1, 0.15) is 18.1 Å². The van der Waals surface area contributed by atoms with Gasteiger partial charge in [0, 0.05) is 26.0 Å². The Bertz CT molecular complexity index is 700. The lowest BCUT2D eigenvalue weighted by Crippen LogP contribution is -2.48. The molecular weight excluding hydrogens is 395 g/mol. The van der Waals surface area contributed by atoms with E-state index >= 15 is 0 Å². The van der Waals surface area contributed by atoms with Gasteiger partial charge in [-0.05, 0) is 17.7 Å². The van der Waals surface area contributed by atoms with E-state index in [1.54, 1.807) is 7.05 Å². The number of benzene rings is 2. The third-order valence-corrected chi connectivity index (χ3v) is 5.44. The summed E-state index contributed by atoms with van der Waals surface area (Å²) < 4.78 is 5.41. The van der Waals surface area contributed by atoms with Crippen LogP contribution in [-0.2, 0) is 17.9 Å². The normalized spacial score (nSPS) is 13.2. The molecule has 0 spiro atoms. The number of amides is 1. The third-order valence-electron chi connectivity index (χ3n) is 4.70. The Hall–Kier alpha value is -1.75. The van der Waals surface area contributed by atoms with Crippen molar-refractivity contribution in [3.63, 3.8) is 0 Å². The number of rotatable bonds is 10. The first-order chi connectivity index (χ1) is 13.5. The summed E-state index contributed by atoms with van der Waals surface area (Å²) in [6, 6.07) is 19.5. The van der Waals surface area contributed by atoms with Crippen LogP contribution < -0.4 is 0 Å². The van der Waals surface area contributed by atoms with E-state index in [9.17, 15) is 4.79 Å². The van der Waals surface area contributed by atoms with Crippen LogP contribution >= 0.6 is 23.2 Å². The molecule has 4 nitrogen and oxygen atoms in total. The van der Waals surface area contributed by atoms with E-state index in [-0.39, 0.29) is 23.9 Å². The molecule has 0 bridgehead atoms. The van der Waals surface area contributed by atoms with Crippen LogP contribution in [-0.4, -0.2) is 53.3 Å². The second-order valence-corrected chi connectivity index (χ2v) is 7.57. The van der Waals surface area contributed by atoms with Crippen molar-refractivity contribution in [2.75, 3.05) is 26.0 Å². The van der Waals surface area contributed by atoms with Crippen molar-refractivity contribution in [2.24, 2.45) is 0 Å². The highest BCUT2D eigenvalue weighted by atomic mass is 35.5. The van der Waals surface area contributed by atoms with E-state index in [2.05, 4.69) is 24.0 Å². The summed E-state index contributed by atoms with van der Waals surface area (Å²) in [6.45, 7) is 4.61. The zero-order chi connectivity index (χ0) is 20.4. The highest BCUT2D eigenvalue weighted by molar-refractivity contribution is 6.23. The minimum absolute atomic E-state index is 0.223. The van der Waals surface area contributed by atoms with Crippen molar-refractivity contribution in [2.45, 2.75) is 31.5 Å². The number of hydrogen-bond donors (Lipinski definition) is 0. The first kappa shape index (κ1) is 22.5. The van der Waals surface area contributed by atoms with Crippen LogP contribution in [0.25, 0.3) is 0 Å². The maximum Gasteiger partial charge on any atom is 0.410 e. The van der Waals surface area contributed by atoms with E-state index < -0.39 is 6.09 Å². The summed E-state index contributed by atoms with van der Waals surface area (Å²) in [5, 5.41) is -0.310. The molecule has 0 saturated carbocycles. The summed E-state index contributed by atoms with van der Waals surface area (Å²) in [5.41, 5.74) is 2.17. The second-order valence-electron chi connectivity index (χ2n) is 6.70. The number of halogens is 2. The van der Waals surface area contributed by atoms with Gasteiger partial charge < -0.3 is 9.64 Å². The highest BCUT2D eigenvalue weighted by Gasteiger charge is 2.28. The Labute approximate surface area is 178 Å². The molecule has 28 heavy (non-hydrogen) atoms. The summed E-state index contributed by atoms with van der Waals surface area (Å²) >= 11 is 12.8. The Morgan fingerprint density at radius 3 is 2.14 bits per heavy atom. The van der Waals surface area contributed by atoms with Crippen LogP contribution in [0.2, 0.25) is 0 Å². The maximum absolute atomic E-state index is 12.4. The Balaban J connectivity index is 1.90. The van der Waals surface area contributed by atoms with E-state index in [0.29, 0.717) is 6.54 Å². The average Bonchev–Trinajstić information content (AvgIpc) is 2.73. The fraction of sp³-hybridized carbons (Fsp3) is 0.409. The minimum atomic E-state index is -0.425. The van der Waals surface area contributed by atoms with Gasteiger partial charge in [-0.2, -0.15) is 0 Å². The zero-order valence-electron chi connectivity index (χ0n) is 16.4. The quantitative estimate of drug-likeness (QED) is 0.505. The number of alkyl halides is 2. The molecule has 0 fully saturated rings. The lowest BCUT2D eigenvalue weighted by molar-refractivity contribution is 0.0909. The first-order valence-electron chi connectivity index (χ1n) is 9.45. The van der Waals surface area contributed by atoms with Gasteiger partial charge in [0.2, 0.25) is 0 Å². The van der Waals surface area contributed by atoms with Gasteiger partial charge in [0.15, 0.2) is 0 Å². The molecule has 152 valence electrons. The molecule has 0 radical (unpaired) electrons. The van der Waals surface area contributed by atoms with Gasteiger partial charge >= 0.3 is 6.09 Å². The summed E-state index contributed by atoms with van der Waals surface area (Å²) in [7, 11) is 1.68. The molecule has 2 unspecified atom stereocenters.